The quantitative estimate of drug-likeness (QED) is 0.571. The van der Waals surface area contributed by atoms with E-state index in [4.69, 9.17) is 9.73 Å². The van der Waals surface area contributed by atoms with E-state index in [1.54, 1.807) is 0 Å². The molecule has 1 saturated heterocycles. The Morgan fingerprint density at radius 1 is 0.828 bits per heavy atom. The summed E-state index contributed by atoms with van der Waals surface area (Å²) in [5.74, 6) is 1.05. The van der Waals surface area contributed by atoms with Gasteiger partial charge in [-0.15, -0.1) is 0 Å². The smallest absolute Gasteiger partial charge is 0.138 e. The molecule has 0 aliphatic carbocycles. The Bertz CT molecular complexity index is 1110. The maximum absolute atomic E-state index is 6.36. The van der Waals surface area contributed by atoms with Gasteiger partial charge in [-0.2, -0.15) is 0 Å². The van der Waals surface area contributed by atoms with E-state index in [0.29, 0.717) is 0 Å². The van der Waals surface area contributed by atoms with E-state index >= 15 is 0 Å². The lowest BCUT2D eigenvalue weighted by Gasteiger charge is -2.40. The molecule has 0 amide bonds. The van der Waals surface area contributed by atoms with Crippen LogP contribution in [0, 0.1) is 0 Å². The fraction of sp³-hybridized carbons (Fsp3) is 0.240. The first-order valence-corrected chi connectivity index (χ1v) is 10.3. The van der Waals surface area contributed by atoms with Crippen molar-refractivity contribution in [3.05, 3.63) is 89.5 Å². The van der Waals surface area contributed by atoms with Crippen LogP contribution in [0.15, 0.2) is 77.8 Å². The summed E-state index contributed by atoms with van der Waals surface area (Å²) in [6, 6.07) is 25.4. The Morgan fingerprint density at radius 2 is 1.55 bits per heavy atom. The third-order valence-corrected chi connectivity index (χ3v) is 6.45. The SMILES string of the molecule is c1ccc2c(c1)COC21CCN(C2=Nc3ccccc3Nc3ccccc32)CC1. The van der Waals surface area contributed by atoms with Gasteiger partial charge in [-0.25, -0.2) is 4.99 Å². The molecule has 3 aromatic carbocycles. The van der Waals surface area contributed by atoms with Crippen molar-refractivity contribution in [3.8, 4) is 0 Å². The number of fused-ring (bicyclic) bond motifs is 4. The van der Waals surface area contributed by atoms with Gasteiger partial charge in [0.25, 0.3) is 0 Å². The summed E-state index contributed by atoms with van der Waals surface area (Å²) in [7, 11) is 0. The third kappa shape index (κ3) is 2.67. The van der Waals surface area contributed by atoms with Gasteiger partial charge in [0.05, 0.1) is 23.6 Å². The number of hydrogen-bond acceptors (Lipinski definition) is 4. The number of nitrogens with one attached hydrogen (secondary N) is 1. The number of likely N-dealkylation sites (tertiary alicyclic amines) is 1. The number of ether oxygens (including phenoxy) is 1. The van der Waals surface area contributed by atoms with Crippen molar-refractivity contribution < 1.29 is 4.74 Å². The van der Waals surface area contributed by atoms with Crippen LogP contribution in [-0.2, 0) is 16.9 Å². The molecule has 0 atom stereocenters. The zero-order chi connectivity index (χ0) is 19.3. The highest BCUT2D eigenvalue weighted by Gasteiger charge is 2.43. The lowest BCUT2D eigenvalue weighted by atomic mass is 9.83. The average Bonchev–Trinajstić information content (AvgIpc) is 3.03. The first-order valence-electron chi connectivity index (χ1n) is 10.3. The fourth-order valence-corrected chi connectivity index (χ4v) is 4.90. The largest absolute Gasteiger partial charge is 0.365 e. The second-order valence-corrected chi connectivity index (χ2v) is 8.05. The Hall–Kier alpha value is -3.11. The Morgan fingerprint density at radius 3 is 2.45 bits per heavy atom. The van der Waals surface area contributed by atoms with Gasteiger partial charge < -0.3 is 15.0 Å². The molecule has 144 valence electrons. The van der Waals surface area contributed by atoms with Crippen LogP contribution in [0.3, 0.4) is 0 Å². The summed E-state index contributed by atoms with van der Waals surface area (Å²) in [5.41, 5.74) is 6.91. The number of aliphatic imine (C=N–C) groups is 1. The minimum Gasteiger partial charge on any atom is -0.365 e. The van der Waals surface area contributed by atoms with Crippen molar-refractivity contribution in [2.45, 2.75) is 25.0 Å². The summed E-state index contributed by atoms with van der Waals surface area (Å²) < 4.78 is 6.36. The zero-order valence-corrected chi connectivity index (χ0v) is 16.3. The number of amidine groups is 1. The first-order chi connectivity index (χ1) is 14.3. The van der Waals surface area contributed by atoms with Crippen LogP contribution >= 0.6 is 0 Å². The molecule has 4 heteroatoms. The number of hydrogen-bond donors (Lipinski definition) is 1. The van der Waals surface area contributed by atoms with E-state index in [1.807, 2.05) is 6.07 Å². The highest BCUT2D eigenvalue weighted by Crippen LogP contribution is 2.45. The minimum atomic E-state index is -0.131. The lowest BCUT2D eigenvalue weighted by molar-refractivity contribution is -0.0704. The normalized spacial score (nSPS) is 18.9. The van der Waals surface area contributed by atoms with Crippen molar-refractivity contribution in [2.75, 3.05) is 18.4 Å². The van der Waals surface area contributed by atoms with Crippen LogP contribution in [0.4, 0.5) is 17.1 Å². The highest BCUT2D eigenvalue weighted by atomic mass is 16.5. The molecule has 6 rings (SSSR count). The van der Waals surface area contributed by atoms with Gasteiger partial charge in [-0.3, -0.25) is 0 Å². The molecule has 1 N–H and O–H groups in total. The Labute approximate surface area is 170 Å². The fourth-order valence-electron chi connectivity index (χ4n) is 4.90. The number of benzene rings is 3. The van der Waals surface area contributed by atoms with Crippen molar-refractivity contribution in [1.82, 2.24) is 4.90 Å². The Kier molecular flexibility index (Phi) is 3.74. The number of anilines is 2. The lowest BCUT2D eigenvalue weighted by Crippen LogP contribution is -2.45. The van der Waals surface area contributed by atoms with Crippen LogP contribution < -0.4 is 5.32 Å². The van der Waals surface area contributed by atoms with Gasteiger partial charge in [0.2, 0.25) is 0 Å². The molecule has 29 heavy (non-hydrogen) atoms. The summed E-state index contributed by atoms with van der Waals surface area (Å²) >= 11 is 0. The molecule has 3 aliphatic rings. The Balaban J connectivity index is 1.36. The zero-order valence-electron chi connectivity index (χ0n) is 16.3. The second kappa shape index (κ2) is 6.46. The molecule has 4 nitrogen and oxygen atoms in total. The van der Waals surface area contributed by atoms with E-state index in [1.165, 1.54) is 11.1 Å². The molecule has 3 aromatic rings. The molecular formula is C25H23N3O. The monoisotopic (exact) mass is 381 g/mol. The number of para-hydroxylation sites is 3. The van der Waals surface area contributed by atoms with Gasteiger partial charge in [0, 0.05) is 24.3 Å². The summed E-state index contributed by atoms with van der Waals surface area (Å²) in [6.07, 6.45) is 1.97. The number of piperidine rings is 1. The van der Waals surface area contributed by atoms with Crippen LogP contribution in [0.2, 0.25) is 0 Å². The van der Waals surface area contributed by atoms with Crippen LogP contribution in [0.25, 0.3) is 0 Å². The highest BCUT2D eigenvalue weighted by molar-refractivity contribution is 6.07. The van der Waals surface area contributed by atoms with E-state index in [9.17, 15) is 0 Å². The second-order valence-electron chi connectivity index (χ2n) is 8.05. The molecule has 0 bridgehead atoms. The van der Waals surface area contributed by atoms with Gasteiger partial charge in [-0.05, 0) is 48.2 Å². The topological polar surface area (TPSA) is 36.9 Å². The van der Waals surface area contributed by atoms with Gasteiger partial charge in [0.15, 0.2) is 0 Å². The standard InChI is InChI=1S/C25H23N3O/c1-3-9-20-18(7-1)17-29-25(20)13-15-28(16-14-25)24-19-8-2-4-10-21(19)26-22-11-5-6-12-23(22)27-24/h1-12,26H,13-17H2. The average molecular weight is 381 g/mol. The van der Waals surface area contributed by atoms with Crippen LogP contribution in [0.1, 0.15) is 29.5 Å². The van der Waals surface area contributed by atoms with E-state index in [2.05, 4.69) is 76.9 Å². The molecule has 1 spiro atoms. The van der Waals surface area contributed by atoms with Gasteiger partial charge >= 0.3 is 0 Å². The van der Waals surface area contributed by atoms with Crippen LogP contribution in [0.5, 0.6) is 0 Å². The van der Waals surface area contributed by atoms with Crippen molar-refractivity contribution in [1.29, 1.82) is 0 Å². The summed E-state index contributed by atoms with van der Waals surface area (Å²) in [5, 5.41) is 3.57. The van der Waals surface area contributed by atoms with E-state index < -0.39 is 0 Å². The first kappa shape index (κ1) is 16.8. The van der Waals surface area contributed by atoms with E-state index in [-0.39, 0.29) is 5.60 Å². The van der Waals surface area contributed by atoms with E-state index in [0.717, 1.165) is 61.0 Å². The summed E-state index contributed by atoms with van der Waals surface area (Å²) in [4.78, 5) is 7.53. The molecule has 3 heterocycles. The number of rotatable bonds is 0. The summed E-state index contributed by atoms with van der Waals surface area (Å²) in [6.45, 7) is 2.60. The maximum Gasteiger partial charge on any atom is 0.138 e. The molecule has 0 unspecified atom stereocenters. The van der Waals surface area contributed by atoms with Crippen molar-refractivity contribution in [3.63, 3.8) is 0 Å². The predicted octanol–water partition coefficient (Wildman–Crippen LogP) is 5.34. The van der Waals surface area contributed by atoms with Crippen LogP contribution in [-0.4, -0.2) is 23.8 Å². The molecule has 1 fully saturated rings. The molecule has 0 aromatic heterocycles. The minimum absolute atomic E-state index is 0.131. The third-order valence-electron chi connectivity index (χ3n) is 6.45. The molecular weight excluding hydrogens is 358 g/mol. The van der Waals surface area contributed by atoms with Gasteiger partial charge in [-0.1, -0.05) is 48.5 Å². The molecule has 0 saturated carbocycles. The van der Waals surface area contributed by atoms with Crippen molar-refractivity contribution >= 4 is 22.9 Å². The maximum atomic E-state index is 6.36. The number of nitrogens with zero attached hydrogens (tertiary/aromatic N) is 2. The molecule has 0 radical (unpaired) electrons. The van der Waals surface area contributed by atoms with Crippen molar-refractivity contribution in [2.24, 2.45) is 4.99 Å². The van der Waals surface area contributed by atoms with Gasteiger partial charge in [0.1, 0.15) is 5.84 Å². The molecule has 3 aliphatic heterocycles. The predicted molar refractivity (Wildman–Crippen MR) is 116 cm³/mol.